The Hall–Kier alpha value is -3.15. The van der Waals surface area contributed by atoms with Crippen LogP contribution in [0, 0.1) is 19.3 Å². The summed E-state index contributed by atoms with van der Waals surface area (Å²) in [5, 5.41) is 17.4. The van der Waals surface area contributed by atoms with Crippen molar-refractivity contribution in [1.82, 2.24) is 4.57 Å². The highest BCUT2D eigenvalue weighted by atomic mass is 16.5. The molecule has 0 bridgehead atoms. The van der Waals surface area contributed by atoms with Gasteiger partial charge in [-0.25, -0.2) is 4.79 Å². The Morgan fingerprint density at radius 1 is 1.04 bits per heavy atom. The van der Waals surface area contributed by atoms with Crippen molar-refractivity contribution in [3.05, 3.63) is 64.7 Å². The van der Waals surface area contributed by atoms with Crippen LogP contribution in [0.3, 0.4) is 0 Å². The zero-order valence-electron chi connectivity index (χ0n) is 15.3. The van der Waals surface area contributed by atoms with E-state index in [-0.39, 0.29) is 11.3 Å². The third-order valence-corrected chi connectivity index (χ3v) is 3.99. The number of ketones is 1. The van der Waals surface area contributed by atoms with Crippen LogP contribution in [-0.2, 0) is 9.53 Å². The number of esters is 1. The van der Waals surface area contributed by atoms with E-state index in [4.69, 9.17) is 10.1 Å². The number of benzene rings is 1. The lowest BCUT2D eigenvalue weighted by atomic mass is 10.1. The van der Waals surface area contributed by atoms with Crippen LogP contribution in [-0.4, -0.2) is 33.7 Å². The van der Waals surface area contributed by atoms with E-state index in [0.29, 0.717) is 5.56 Å². The lowest BCUT2D eigenvalue weighted by molar-refractivity contribution is -0.113. The van der Waals surface area contributed by atoms with Crippen LogP contribution < -0.4 is 0 Å². The van der Waals surface area contributed by atoms with Gasteiger partial charge in [0.15, 0.2) is 5.78 Å². The van der Waals surface area contributed by atoms with Gasteiger partial charge >= 0.3 is 5.97 Å². The van der Waals surface area contributed by atoms with Gasteiger partial charge in [0.25, 0.3) is 0 Å². The number of aryl methyl sites for hydroxylation is 2. The van der Waals surface area contributed by atoms with E-state index in [0.717, 1.165) is 17.1 Å². The number of Topliss-reactive ketones (excluding diaryl/α,β-unsaturated/α-hetero) is 1. The van der Waals surface area contributed by atoms with Crippen LogP contribution in [0.4, 0.5) is 0 Å². The fourth-order valence-electron chi connectivity index (χ4n) is 2.80. The molecule has 6 heteroatoms. The van der Waals surface area contributed by atoms with Gasteiger partial charge < -0.3 is 19.8 Å². The Morgan fingerprint density at radius 3 is 2.04 bits per heavy atom. The second-order valence-electron chi connectivity index (χ2n) is 6.08. The fourth-order valence-corrected chi connectivity index (χ4v) is 2.80. The molecule has 1 heterocycles. The summed E-state index contributed by atoms with van der Waals surface area (Å²) in [6.07, 6.45) is 0. The van der Waals surface area contributed by atoms with Crippen LogP contribution in [0.15, 0.2) is 47.7 Å². The number of aliphatic hydroxyl groups excluding tert-OH is 1. The van der Waals surface area contributed by atoms with Gasteiger partial charge in [0, 0.05) is 22.8 Å². The molecule has 2 aromatic rings. The molecule has 0 amide bonds. The summed E-state index contributed by atoms with van der Waals surface area (Å²) in [7, 11) is 0. The molecule has 0 saturated heterocycles. The van der Waals surface area contributed by atoms with Crippen molar-refractivity contribution in [2.24, 2.45) is 0 Å². The molecule has 0 fully saturated rings. The third kappa shape index (κ3) is 4.08. The van der Waals surface area contributed by atoms with Gasteiger partial charge in [-0.3, -0.25) is 4.79 Å². The summed E-state index contributed by atoms with van der Waals surface area (Å²) in [5.74, 6) is -1.49. The highest BCUT2D eigenvalue weighted by Crippen LogP contribution is 2.17. The Kier molecular flexibility index (Phi) is 5.77. The highest BCUT2D eigenvalue weighted by molar-refractivity contribution is 6.19. The van der Waals surface area contributed by atoms with Crippen LogP contribution in [0.5, 0.6) is 0 Å². The smallest absolute Gasteiger partial charge is 0.338 e. The summed E-state index contributed by atoms with van der Waals surface area (Å²) < 4.78 is 7.11. The molecule has 0 aliphatic rings. The zero-order valence-corrected chi connectivity index (χ0v) is 15.3. The van der Waals surface area contributed by atoms with E-state index in [1.165, 1.54) is 13.8 Å². The first-order chi connectivity index (χ1) is 12.2. The second-order valence-corrected chi connectivity index (χ2v) is 6.08. The molecule has 0 radical (unpaired) electrons. The van der Waals surface area contributed by atoms with Crippen molar-refractivity contribution in [2.45, 2.75) is 27.7 Å². The number of hydrogen-bond donors (Lipinski definition) is 2. The molecule has 0 aliphatic heterocycles. The SMILES string of the molecule is CC(=N)/C(C(C)=O)=C(/O)COC(=O)c1ccc(-n2c(C)ccc2C)cc1. The van der Waals surface area contributed by atoms with Crippen molar-refractivity contribution >= 4 is 17.5 Å². The first-order valence-corrected chi connectivity index (χ1v) is 8.13. The van der Waals surface area contributed by atoms with Gasteiger partial charge in [0.05, 0.1) is 11.1 Å². The van der Waals surface area contributed by atoms with Gasteiger partial charge in [-0.05, 0) is 64.1 Å². The van der Waals surface area contributed by atoms with Gasteiger partial charge in [-0.1, -0.05) is 0 Å². The Bertz CT molecular complexity index is 854. The van der Waals surface area contributed by atoms with Crippen molar-refractivity contribution in [3.63, 3.8) is 0 Å². The number of hydrogen-bond acceptors (Lipinski definition) is 5. The molecule has 0 saturated carbocycles. The number of nitrogens with one attached hydrogen (secondary N) is 1. The minimum Gasteiger partial charge on any atom is -0.508 e. The molecule has 0 aliphatic carbocycles. The Labute approximate surface area is 152 Å². The lowest BCUT2D eigenvalue weighted by Crippen LogP contribution is -2.15. The van der Waals surface area contributed by atoms with Crippen molar-refractivity contribution in [1.29, 1.82) is 5.41 Å². The van der Waals surface area contributed by atoms with Gasteiger partial charge in [-0.2, -0.15) is 0 Å². The normalized spacial score (nSPS) is 11.7. The standard InChI is InChI=1S/C20H22N2O4/c1-12-5-6-13(2)22(12)17-9-7-16(8-10-17)20(25)26-11-18(24)19(14(3)21)15(4)23/h5-10,21,24H,11H2,1-4H3/b19-18-,21-14?. The maximum atomic E-state index is 12.1. The van der Waals surface area contributed by atoms with Crippen LogP contribution in [0.25, 0.3) is 5.69 Å². The molecular formula is C20H22N2O4. The summed E-state index contributed by atoms with van der Waals surface area (Å²) in [6.45, 7) is 6.18. The predicted molar refractivity (Wildman–Crippen MR) is 99.3 cm³/mol. The third-order valence-electron chi connectivity index (χ3n) is 3.99. The average molecular weight is 354 g/mol. The molecule has 1 aromatic carbocycles. The fraction of sp³-hybridized carbons (Fsp3) is 0.250. The molecule has 2 rings (SSSR count). The monoisotopic (exact) mass is 354 g/mol. The minimum absolute atomic E-state index is 0.0761. The van der Waals surface area contributed by atoms with Crippen molar-refractivity contribution < 1.29 is 19.4 Å². The minimum atomic E-state index is -0.616. The Balaban J connectivity index is 2.13. The maximum Gasteiger partial charge on any atom is 0.338 e. The lowest BCUT2D eigenvalue weighted by Gasteiger charge is -2.11. The number of nitrogens with zero attached hydrogens (tertiary/aromatic N) is 1. The number of carbonyl (C=O) groups is 2. The maximum absolute atomic E-state index is 12.1. The molecular weight excluding hydrogens is 332 g/mol. The second kappa shape index (κ2) is 7.82. The number of aromatic nitrogens is 1. The van der Waals surface area contributed by atoms with Crippen LogP contribution in [0.2, 0.25) is 0 Å². The molecule has 136 valence electrons. The van der Waals surface area contributed by atoms with E-state index in [1.54, 1.807) is 12.1 Å². The summed E-state index contributed by atoms with van der Waals surface area (Å²) in [5.41, 5.74) is 3.24. The first-order valence-electron chi connectivity index (χ1n) is 8.13. The van der Waals surface area contributed by atoms with E-state index >= 15 is 0 Å². The van der Waals surface area contributed by atoms with E-state index in [2.05, 4.69) is 4.57 Å². The summed E-state index contributed by atoms with van der Waals surface area (Å²) >= 11 is 0. The number of rotatable bonds is 6. The predicted octanol–water partition coefficient (Wildman–Crippen LogP) is 3.69. The van der Waals surface area contributed by atoms with Gasteiger partial charge in [0.2, 0.25) is 0 Å². The molecule has 0 unspecified atom stereocenters. The number of aliphatic hydroxyl groups is 1. The molecule has 6 nitrogen and oxygen atoms in total. The van der Waals surface area contributed by atoms with Crippen LogP contribution in [0.1, 0.15) is 35.6 Å². The quantitative estimate of drug-likeness (QED) is 0.358. The molecule has 0 spiro atoms. The zero-order chi connectivity index (χ0) is 19.4. The molecule has 1 aromatic heterocycles. The Morgan fingerprint density at radius 2 is 1.58 bits per heavy atom. The van der Waals surface area contributed by atoms with E-state index in [9.17, 15) is 14.7 Å². The number of allylic oxidation sites excluding steroid dienone is 1. The largest absolute Gasteiger partial charge is 0.508 e. The van der Waals surface area contributed by atoms with Gasteiger partial charge in [-0.15, -0.1) is 0 Å². The van der Waals surface area contributed by atoms with Crippen LogP contribution >= 0.6 is 0 Å². The molecule has 2 N–H and O–H groups in total. The summed E-state index contributed by atoms with van der Waals surface area (Å²) in [6, 6.07) is 11.0. The van der Waals surface area contributed by atoms with E-state index < -0.39 is 24.1 Å². The number of carbonyl (C=O) groups excluding carboxylic acids is 2. The van der Waals surface area contributed by atoms with E-state index in [1.807, 2.05) is 38.1 Å². The summed E-state index contributed by atoms with van der Waals surface area (Å²) in [4.78, 5) is 23.6. The van der Waals surface area contributed by atoms with Crippen molar-refractivity contribution in [3.8, 4) is 5.69 Å². The topological polar surface area (TPSA) is 92.4 Å². The average Bonchev–Trinajstić information content (AvgIpc) is 2.91. The highest BCUT2D eigenvalue weighted by Gasteiger charge is 2.16. The van der Waals surface area contributed by atoms with Gasteiger partial charge in [0.1, 0.15) is 12.4 Å². The molecule has 26 heavy (non-hydrogen) atoms. The van der Waals surface area contributed by atoms with Crippen molar-refractivity contribution in [2.75, 3.05) is 6.61 Å². The first kappa shape index (κ1) is 19.2. The molecule has 0 atom stereocenters. The number of ether oxygens (including phenoxy) is 1.